The van der Waals surface area contributed by atoms with Gasteiger partial charge in [-0.3, -0.25) is 14.4 Å². The van der Waals surface area contributed by atoms with Crippen LogP contribution >= 0.6 is 11.6 Å². The van der Waals surface area contributed by atoms with Gasteiger partial charge in [-0.15, -0.1) is 0 Å². The van der Waals surface area contributed by atoms with Gasteiger partial charge in [0.1, 0.15) is 6.54 Å². The maximum Gasteiger partial charge on any atom is 0.325 e. The van der Waals surface area contributed by atoms with Crippen LogP contribution in [0.5, 0.6) is 0 Å². The lowest BCUT2D eigenvalue weighted by Gasteiger charge is -2.32. The van der Waals surface area contributed by atoms with Gasteiger partial charge < -0.3 is 24.3 Å². The van der Waals surface area contributed by atoms with Crippen molar-refractivity contribution in [3.05, 3.63) is 45.7 Å². The number of likely N-dealkylation sites (tertiary alicyclic amines) is 2. The second-order valence-electron chi connectivity index (χ2n) is 13.6. The molecule has 13 heteroatoms. The minimum atomic E-state index is -2.69. The largest absolute Gasteiger partial charge is 0.465 e. The van der Waals surface area contributed by atoms with E-state index in [1.807, 2.05) is 24.0 Å². The number of amides is 2. The van der Waals surface area contributed by atoms with Gasteiger partial charge >= 0.3 is 5.97 Å². The third-order valence-corrected chi connectivity index (χ3v) is 10.4. The Labute approximate surface area is 286 Å². The number of carbonyl (C=O) groups excluding carboxylic acids is 3. The molecule has 2 aromatic rings. The average Bonchev–Trinajstić information content (AvgIpc) is 3.59. The highest BCUT2D eigenvalue weighted by Crippen LogP contribution is 2.38. The highest BCUT2D eigenvalue weighted by atomic mass is 35.5. The number of hydrogen-bond donors (Lipinski definition) is 0. The van der Waals surface area contributed by atoms with Gasteiger partial charge in [-0.1, -0.05) is 17.7 Å². The molecule has 2 aliphatic heterocycles. The Bertz CT molecular complexity index is 1480. The Morgan fingerprint density at radius 2 is 1.65 bits per heavy atom. The van der Waals surface area contributed by atoms with Crippen LogP contribution in [-0.2, 0) is 14.3 Å². The smallest absolute Gasteiger partial charge is 0.325 e. The summed E-state index contributed by atoms with van der Waals surface area (Å²) in [4.78, 5) is 55.9. The lowest BCUT2D eigenvalue weighted by atomic mass is 9.85. The fraction of sp³-hybridized carbons (Fsp3) is 0.629. The number of fused-ring (bicyclic) bond motifs is 1. The number of likely N-dealkylation sites (N-methyl/N-ethyl adjacent to an activating group) is 1. The predicted octanol–water partition coefficient (Wildman–Crippen LogP) is 5.31. The number of benzene rings is 1. The number of aryl methyl sites for hydroxylation is 3. The molecule has 10 nitrogen and oxygen atoms in total. The first kappa shape index (κ1) is 35.9. The Kier molecular flexibility index (Phi) is 11.2. The number of esters is 1. The van der Waals surface area contributed by atoms with E-state index < -0.39 is 11.8 Å². The van der Waals surface area contributed by atoms with Crippen LogP contribution in [0.25, 0.3) is 0 Å². The molecule has 1 saturated carbocycles. The van der Waals surface area contributed by atoms with Crippen molar-refractivity contribution < 1.29 is 27.9 Å². The van der Waals surface area contributed by atoms with E-state index in [1.165, 1.54) is 0 Å². The predicted molar refractivity (Wildman–Crippen MR) is 181 cm³/mol. The van der Waals surface area contributed by atoms with E-state index in [4.69, 9.17) is 16.3 Å². The number of carbonyl (C=O) groups is 3. The van der Waals surface area contributed by atoms with Crippen LogP contribution in [0.1, 0.15) is 66.3 Å². The van der Waals surface area contributed by atoms with Crippen LogP contribution in [0.2, 0.25) is 5.02 Å². The summed E-state index contributed by atoms with van der Waals surface area (Å²) in [6, 6.07) is 5.56. The van der Waals surface area contributed by atoms with E-state index in [-0.39, 0.29) is 50.0 Å². The van der Waals surface area contributed by atoms with Gasteiger partial charge in [0.25, 0.3) is 5.91 Å². The van der Waals surface area contributed by atoms with Gasteiger partial charge in [-0.05, 0) is 83.0 Å². The normalized spacial score (nSPS) is 20.9. The van der Waals surface area contributed by atoms with Crippen molar-refractivity contribution in [2.45, 2.75) is 65.7 Å². The van der Waals surface area contributed by atoms with Crippen molar-refractivity contribution in [3.63, 3.8) is 0 Å². The lowest BCUT2D eigenvalue weighted by Crippen LogP contribution is -2.41. The SMILES string of the molecule is CCOC(=O)CN(C)c1nc(C)c(C(=O)N2CC3CN(CCCN(C(=O)C4CCC(F)(F)CC4)c4ccc(C)c(Cl)c4)CC3C2)c(C)n1. The summed E-state index contributed by atoms with van der Waals surface area (Å²) >= 11 is 6.42. The summed E-state index contributed by atoms with van der Waals surface area (Å²) in [5, 5.41) is 0.571. The summed E-state index contributed by atoms with van der Waals surface area (Å²) in [5.41, 5.74) is 3.27. The number of ether oxygens (including phenoxy) is 1. The molecule has 3 aliphatic rings. The van der Waals surface area contributed by atoms with Crippen molar-refractivity contribution >= 4 is 41.0 Å². The molecule has 3 heterocycles. The second-order valence-corrected chi connectivity index (χ2v) is 14.0. The van der Waals surface area contributed by atoms with Crippen molar-refractivity contribution in [3.8, 4) is 0 Å². The van der Waals surface area contributed by atoms with Gasteiger partial charge in [0.05, 0.1) is 23.6 Å². The third kappa shape index (κ3) is 8.25. The number of anilines is 2. The van der Waals surface area contributed by atoms with Gasteiger partial charge in [-0.25, -0.2) is 18.7 Å². The van der Waals surface area contributed by atoms with Crippen LogP contribution in [-0.4, -0.2) is 103 Å². The third-order valence-electron chi connectivity index (χ3n) is 9.99. The number of halogens is 3. The zero-order chi connectivity index (χ0) is 34.7. The highest BCUT2D eigenvalue weighted by Gasteiger charge is 2.43. The molecular weight excluding hydrogens is 642 g/mol. The first-order valence-electron chi connectivity index (χ1n) is 16.9. The number of nitrogens with zero attached hydrogens (tertiary/aromatic N) is 6. The van der Waals surface area contributed by atoms with Gasteiger partial charge in [0, 0.05) is 69.2 Å². The molecule has 5 rings (SSSR count). The van der Waals surface area contributed by atoms with Crippen molar-refractivity contribution in [1.82, 2.24) is 19.8 Å². The zero-order valence-electron chi connectivity index (χ0n) is 28.6. The molecule has 2 saturated heterocycles. The molecule has 3 fully saturated rings. The van der Waals surface area contributed by atoms with Gasteiger partial charge in [0.15, 0.2) is 0 Å². The topological polar surface area (TPSA) is 99.2 Å². The molecule has 262 valence electrons. The number of alkyl halides is 2. The molecule has 0 spiro atoms. The Hall–Kier alpha value is -3.38. The van der Waals surface area contributed by atoms with E-state index in [0.717, 1.165) is 31.6 Å². The summed E-state index contributed by atoms with van der Waals surface area (Å²) < 4.78 is 32.7. The average molecular weight is 689 g/mol. The number of hydrogen-bond acceptors (Lipinski definition) is 8. The van der Waals surface area contributed by atoms with E-state index in [9.17, 15) is 23.2 Å². The molecule has 1 aromatic heterocycles. The minimum absolute atomic E-state index is 0.0165. The molecule has 1 aliphatic carbocycles. The summed E-state index contributed by atoms with van der Waals surface area (Å²) in [7, 11) is 1.72. The highest BCUT2D eigenvalue weighted by molar-refractivity contribution is 6.31. The Morgan fingerprint density at radius 3 is 2.23 bits per heavy atom. The summed E-state index contributed by atoms with van der Waals surface area (Å²) in [5.74, 6) is -2.59. The van der Waals surface area contributed by atoms with Crippen LogP contribution in [0, 0.1) is 38.5 Å². The van der Waals surface area contributed by atoms with E-state index in [1.54, 1.807) is 43.7 Å². The molecule has 2 unspecified atom stereocenters. The molecule has 48 heavy (non-hydrogen) atoms. The van der Waals surface area contributed by atoms with E-state index in [2.05, 4.69) is 14.9 Å². The maximum absolute atomic E-state index is 13.8. The summed E-state index contributed by atoms with van der Waals surface area (Å²) in [6.07, 6.45) is 0.597. The first-order chi connectivity index (χ1) is 22.8. The Balaban J connectivity index is 1.16. The fourth-order valence-corrected chi connectivity index (χ4v) is 7.50. The number of aromatic nitrogens is 2. The number of rotatable bonds is 11. The van der Waals surface area contributed by atoms with Crippen molar-refractivity contribution in [1.29, 1.82) is 0 Å². The van der Waals surface area contributed by atoms with E-state index in [0.29, 0.717) is 71.7 Å². The van der Waals surface area contributed by atoms with Crippen LogP contribution in [0.4, 0.5) is 20.4 Å². The molecule has 2 atom stereocenters. The standard InChI is InChI=1S/C35H47ClF2N6O4/c1-6-48-30(45)21-41(5)34-39-23(3)31(24(4)40-34)33(47)43-19-26-17-42(18-27(26)20-43)14-7-15-44(28-9-8-22(2)29(36)16-28)32(46)25-10-12-35(37,38)13-11-25/h8-9,16,25-27H,6-7,10-15,17-21H2,1-5H3. The van der Waals surface area contributed by atoms with Crippen LogP contribution in [0.15, 0.2) is 18.2 Å². The van der Waals surface area contributed by atoms with Gasteiger partial charge in [-0.2, -0.15) is 0 Å². The quantitative estimate of drug-likeness (QED) is 0.293. The van der Waals surface area contributed by atoms with Crippen molar-refractivity contribution in [2.75, 3.05) is 69.3 Å². The van der Waals surface area contributed by atoms with E-state index >= 15 is 0 Å². The monoisotopic (exact) mass is 688 g/mol. The zero-order valence-corrected chi connectivity index (χ0v) is 29.4. The molecule has 0 radical (unpaired) electrons. The first-order valence-corrected chi connectivity index (χ1v) is 17.3. The summed E-state index contributed by atoms with van der Waals surface area (Å²) in [6.45, 7) is 11.9. The van der Waals surface area contributed by atoms with Crippen LogP contribution < -0.4 is 9.80 Å². The Morgan fingerprint density at radius 1 is 1.02 bits per heavy atom. The van der Waals surface area contributed by atoms with Crippen LogP contribution in [0.3, 0.4) is 0 Å². The molecule has 0 N–H and O–H groups in total. The molecule has 1 aromatic carbocycles. The molecule has 0 bridgehead atoms. The minimum Gasteiger partial charge on any atom is -0.465 e. The maximum atomic E-state index is 13.8. The molecule has 2 amide bonds. The van der Waals surface area contributed by atoms with Crippen molar-refractivity contribution in [2.24, 2.45) is 17.8 Å². The lowest BCUT2D eigenvalue weighted by molar-refractivity contribution is -0.141. The fourth-order valence-electron chi connectivity index (χ4n) is 7.32. The van der Waals surface area contributed by atoms with Gasteiger partial charge in [0.2, 0.25) is 17.8 Å². The molecular formula is C35H47ClF2N6O4. The second kappa shape index (κ2) is 15.0.